The molecule has 0 aliphatic heterocycles. The lowest BCUT2D eigenvalue weighted by Crippen LogP contribution is -2.24. The largest absolute Gasteiger partial charge is 0.497 e. The van der Waals surface area contributed by atoms with Crippen LogP contribution < -0.4 is 9.64 Å². The molecule has 2 rings (SSSR count). The number of hydrogen-bond acceptors (Lipinski definition) is 6. The van der Waals surface area contributed by atoms with E-state index in [2.05, 4.69) is 34.2 Å². The van der Waals surface area contributed by atoms with Crippen LogP contribution in [0.1, 0.15) is 31.2 Å². The van der Waals surface area contributed by atoms with Gasteiger partial charge in [0.2, 0.25) is 5.89 Å². The van der Waals surface area contributed by atoms with Crippen molar-refractivity contribution in [2.45, 2.75) is 32.9 Å². The fourth-order valence-electron chi connectivity index (χ4n) is 2.27. The summed E-state index contributed by atoms with van der Waals surface area (Å²) < 4.78 is 10.9. The molecule has 6 heteroatoms. The topological polar surface area (TPSA) is 54.6 Å². The average Bonchev–Trinajstić information content (AvgIpc) is 3.02. The Balaban J connectivity index is 2.02. The molecule has 23 heavy (non-hydrogen) atoms. The van der Waals surface area contributed by atoms with Crippen molar-refractivity contribution in [3.63, 3.8) is 0 Å². The molecule has 126 valence electrons. The van der Waals surface area contributed by atoms with Gasteiger partial charge >= 0.3 is 6.01 Å². The maximum absolute atomic E-state index is 5.67. The lowest BCUT2D eigenvalue weighted by molar-refractivity contribution is 0.228. The van der Waals surface area contributed by atoms with E-state index in [1.165, 1.54) is 5.56 Å². The predicted octanol–water partition coefficient (Wildman–Crippen LogP) is 2.95. The fourth-order valence-corrected chi connectivity index (χ4v) is 2.27. The van der Waals surface area contributed by atoms with Crippen molar-refractivity contribution in [1.29, 1.82) is 0 Å². The number of methoxy groups -OCH3 is 1. The molecule has 1 aromatic carbocycles. The highest BCUT2D eigenvalue weighted by molar-refractivity contribution is 5.27. The van der Waals surface area contributed by atoms with E-state index in [1.807, 2.05) is 31.1 Å². The van der Waals surface area contributed by atoms with E-state index < -0.39 is 0 Å². The van der Waals surface area contributed by atoms with Crippen molar-refractivity contribution in [3.8, 4) is 5.75 Å². The molecule has 0 atom stereocenters. The Morgan fingerprint density at radius 1 is 1.09 bits per heavy atom. The molecule has 0 saturated carbocycles. The van der Waals surface area contributed by atoms with E-state index >= 15 is 0 Å². The summed E-state index contributed by atoms with van der Waals surface area (Å²) in [5.41, 5.74) is 1.24. The summed E-state index contributed by atoms with van der Waals surface area (Å²) in [6.07, 6.45) is 2.30. The highest BCUT2D eigenvalue weighted by atomic mass is 16.5. The van der Waals surface area contributed by atoms with Crippen LogP contribution in [0.15, 0.2) is 28.7 Å². The van der Waals surface area contributed by atoms with Crippen molar-refractivity contribution < 1.29 is 9.15 Å². The van der Waals surface area contributed by atoms with E-state index in [9.17, 15) is 0 Å². The van der Waals surface area contributed by atoms with Gasteiger partial charge in [0.25, 0.3) is 0 Å². The van der Waals surface area contributed by atoms with Crippen LogP contribution in [-0.4, -0.2) is 42.8 Å². The van der Waals surface area contributed by atoms with Crippen molar-refractivity contribution >= 4 is 6.01 Å². The number of nitrogens with zero attached hydrogens (tertiary/aromatic N) is 4. The molecule has 2 aromatic rings. The SMILES string of the molecule is CCCCN(Cc1ccc(OC)cc1)Cc1nnc(N(C)C)o1. The van der Waals surface area contributed by atoms with E-state index in [-0.39, 0.29) is 0 Å². The zero-order valence-corrected chi connectivity index (χ0v) is 14.5. The van der Waals surface area contributed by atoms with Crippen molar-refractivity contribution in [1.82, 2.24) is 15.1 Å². The standard InChI is InChI=1S/C17H26N4O2/c1-5-6-11-21(12-14-7-9-15(22-4)10-8-14)13-16-18-19-17(23-16)20(2)3/h7-10H,5-6,11-13H2,1-4H3. The summed E-state index contributed by atoms with van der Waals surface area (Å²) in [6.45, 7) is 4.71. The van der Waals surface area contributed by atoms with Crippen LogP contribution >= 0.6 is 0 Å². The van der Waals surface area contributed by atoms with Gasteiger partial charge in [-0.15, -0.1) is 5.10 Å². The highest BCUT2D eigenvalue weighted by Gasteiger charge is 2.13. The molecule has 0 fully saturated rings. The van der Waals surface area contributed by atoms with Crippen LogP contribution in [-0.2, 0) is 13.1 Å². The molecule has 0 amide bonds. The second-order valence-electron chi connectivity index (χ2n) is 5.79. The van der Waals surface area contributed by atoms with Crippen LogP contribution in [0.5, 0.6) is 5.75 Å². The molecule has 6 nitrogen and oxygen atoms in total. The molecule has 0 unspecified atom stereocenters. The molecule has 1 heterocycles. The number of unbranched alkanes of at least 4 members (excludes halogenated alkanes) is 1. The van der Waals surface area contributed by atoms with Gasteiger partial charge < -0.3 is 14.1 Å². The first kappa shape index (κ1) is 17.3. The molecule has 0 bridgehead atoms. The number of aromatic nitrogens is 2. The van der Waals surface area contributed by atoms with Crippen molar-refractivity contribution in [3.05, 3.63) is 35.7 Å². The Morgan fingerprint density at radius 3 is 2.39 bits per heavy atom. The molecule has 0 radical (unpaired) electrons. The Labute approximate surface area is 138 Å². The molecular formula is C17H26N4O2. The van der Waals surface area contributed by atoms with Gasteiger partial charge in [0.15, 0.2) is 0 Å². The van der Waals surface area contributed by atoms with Crippen LogP contribution in [0.25, 0.3) is 0 Å². The minimum absolute atomic E-state index is 0.542. The van der Waals surface area contributed by atoms with Gasteiger partial charge in [-0.3, -0.25) is 4.90 Å². The Bertz CT molecular complexity index is 581. The number of ether oxygens (including phenoxy) is 1. The normalized spacial score (nSPS) is 11.0. The lowest BCUT2D eigenvalue weighted by atomic mass is 10.2. The summed E-state index contributed by atoms with van der Waals surface area (Å²) in [5, 5.41) is 8.18. The Morgan fingerprint density at radius 2 is 1.83 bits per heavy atom. The number of benzene rings is 1. The maximum Gasteiger partial charge on any atom is 0.317 e. The van der Waals surface area contributed by atoms with Gasteiger partial charge in [-0.1, -0.05) is 30.6 Å². The highest BCUT2D eigenvalue weighted by Crippen LogP contribution is 2.16. The summed E-state index contributed by atoms with van der Waals surface area (Å²) >= 11 is 0. The van der Waals surface area contributed by atoms with Crippen LogP contribution in [0.3, 0.4) is 0 Å². The van der Waals surface area contributed by atoms with Gasteiger partial charge in [-0.2, -0.15) is 0 Å². The summed E-state index contributed by atoms with van der Waals surface area (Å²) in [5.74, 6) is 1.53. The van der Waals surface area contributed by atoms with E-state index in [0.29, 0.717) is 18.5 Å². The second-order valence-corrected chi connectivity index (χ2v) is 5.79. The zero-order valence-electron chi connectivity index (χ0n) is 14.5. The van der Waals surface area contributed by atoms with Gasteiger partial charge in [0.05, 0.1) is 13.7 Å². The first-order valence-corrected chi connectivity index (χ1v) is 7.97. The quantitative estimate of drug-likeness (QED) is 0.708. The molecule has 0 aliphatic carbocycles. The number of anilines is 1. The number of hydrogen-bond donors (Lipinski definition) is 0. The third kappa shape index (κ3) is 5.25. The fraction of sp³-hybridized carbons (Fsp3) is 0.529. The minimum atomic E-state index is 0.542. The van der Waals surface area contributed by atoms with Crippen molar-refractivity contribution in [2.75, 3.05) is 32.6 Å². The van der Waals surface area contributed by atoms with Gasteiger partial charge in [-0.05, 0) is 30.7 Å². The Hall–Kier alpha value is -2.08. The first-order chi connectivity index (χ1) is 11.1. The van der Waals surface area contributed by atoms with Gasteiger partial charge in [0, 0.05) is 20.6 Å². The summed E-state index contributed by atoms with van der Waals surface area (Å²) in [6, 6.07) is 8.71. The third-order valence-corrected chi connectivity index (χ3v) is 3.59. The third-order valence-electron chi connectivity index (χ3n) is 3.59. The lowest BCUT2D eigenvalue weighted by Gasteiger charge is -2.20. The van der Waals surface area contributed by atoms with Crippen molar-refractivity contribution in [2.24, 2.45) is 0 Å². The van der Waals surface area contributed by atoms with E-state index in [1.54, 1.807) is 7.11 Å². The molecule has 0 N–H and O–H groups in total. The smallest absolute Gasteiger partial charge is 0.317 e. The van der Waals surface area contributed by atoms with Crippen LogP contribution in [0.4, 0.5) is 6.01 Å². The Kier molecular flexibility index (Phi) is 6.40. The first-order valence-electron chi connectivity index (χ1n) is 7.97. The number of rotatable bonds is 9. The van der Waals surface area contributed by atoms with E-state index in [0.717, 1.165) is 31.7 Å². The summed E-state index contributed by atoms with van der Waals surface area (Å²) in [7, 11) is 5.47. The average molecular weight is 318 g/mol. The maximum atomic E-state index is 5.67. The zero-order chi connectivity index (χ0) is 16.7. The van der Waals surface area contributed by atoms with Crippen LogP contribution in [0.2, 0.25) is 0 Å². The monoisotopic (exact) mass is 318 g/mol. The van der Waals surface area contributed by atoms with Gasteiger partial charge in [-0.25, -0.2) is 0 Å². The molecule has 0 spiro atoms. The second kappa shape index (κ2) is 8.53. The minimum Gasteiger partial charge on any atom is -0.497 e. The van der Waals surface area contributed by atoms with Crippen LogP contribution in [0, 0.1) is 0 Å². The molecule has 1 aromatic heterocycles. The molecule has 0 aliphatic rings. The summed E-state index contributed by atoms with van der Waals surface area (Å²) in [4.78, 5) is 4.15. The van der Waals surface area contributed by atoms with Gasteiger partial charge in [0.1, 0.15) is 5.75 Å². The molecular weight excluding hydrogens is 292 g/mol. The predicted molar refractivity (Wildman–Crippen MR) is 90.6 cm³/mol. The molecule has 0 saturated heterocycles. The van der Waals surface area contributed by atoms with E-state index in [4.69, 9.17) is 9.15 Å².